The Labute approximate surface area is 121 Å². The highest BCUT2D eigenvalue weighted by Gasteiger charge is 2.30. The zero-order chi connectivity index (χ0) is 14.8. The molecule has 3 N–H and O–H groups in total. The number of nitrogens with two attached hydrogens (primary N) is 1. The maximum Gasteiger partial charge on any atom is 0.242 e. The molecule has 0 radical (unpaired) electrons. The van der Waals surface area contributed by atoms with Gasteiger partial charge in [0.2, 0.25) is 10.0 Å². The lowest BCUT2D eigenvalue weighted by molar-refractivity contribution is 0.565. The lowest BCUT2D eigenvalue weighted by atomic mass is 10.1. The number of hydrogen-bond acceptors (Lipinski definition) is 4. The largest absolute Gasteiger partial charge is 0.369 e. The number of para-hydroxylation sites is 1. The Morgan fingerprint density at radius 3 is 2.65 bits per heavy atom. The molecule has 1 saturated heterocycles. The molecule has 1 aliphatic heterocycles. The van der Waals surface area contributed by atoms with Gasteiger partial charge >= 0.3 is 0 Å². The second-order valence-electron chi connectivity index (χ2n) is 5.41. The van der Waals surface area contributed by atoms with Gasteiger partial charge in [0.1, 0.15) is 4.90 Å². The first-order chi connectivity index (χ1) is 9.45. The number of anilines is 1. The summed E-state index contributed by atoms with van der Waals surface area (Å²) in [5, 5.41) is 0. The van der Waals surface area contributed by atoms with Crippen molar-refractivity contribution in [1.82, 2.24) is 4.72 Å². The first kappa shape index (κ1) is 15.3. The first-order valence-electron chi connectivity index (χ1n) is 7.05. The molecule has 2 unspecified atom stereocenters. The molecule has 20 heavy (non-hydrogen) atoms. The fraction of sp³-hybridized carbons (Fsp3) is 0.571. The minimum Gasteiger partial charge on any atom is -0.369 e. The molecule has 0 spiro atoms. The highest BCUT2D eigenvalue weighted by molar-refractivity contribution is 7.89. The van der Waals surface area contributed by atoms with Crippen LogP contribution in [0.15, 0.2) is 29.2 Å². The van der Waals surface area contributed by atoms with Crippen molar-refractivity contribution in [2.75, 3.05) is 24.5 Å². The summed E-state index contributed by atoms with van der Waals surface area (Å²) in [6, 6.07) is 7.22. The summed E-state index contributed by atoms with van der Waals surface area (Å²) in [5.41, 5.74) is 6.78. The van der Waals surface area contributed by atoms with Gasteiger partial charge in [-0.1, -0.05) is 26.0 Å². The minimum atomic E-state index is -3.46. The van der Waals surface area contributed by atoms with E-state index in [1.807, 2.05) is 19.1 Å². The van der Waals surface area contributed by atoms with Crippen LogP contribution in [0.4, 0.5) is 5.69 Å². The summed E-state index contributed by atoms with van der Waals surface area (Å²) in [6.07, 6.45) is 0.771. The molecule has 0 saturated carbocycles. The second-order valence-corrected chi connectivity index (χ2v) is 7.15. The zero-order valence-corrected chi connectivity index (χ0v) is 12.9. The number of sulfonamides is 1. The molecule has 5 nitrogen and oxygen atoms in total. The Kier molecular flexibility index (Phi) is 4.67. The van der Waals surface area contributed by atoms with Crippen LogP contribution >= 0.6 is 0 Å². The summed E-state index contributed by atoms with van der Waals surface area (Å²) in [5.74, 6) is 0.370. The summed E-state index contributed by atoms with van der Waals surface area (Å²) < 4.78 is 27.4. The lowest BCUT2D eigenvalue weighted by Gasteiger charge is -2.21. The average Bonchev–Trinajstić information content (AvgIpc) is 2.76. The molecule has 112 valence electrons. The van der Waals surface area contributed by atoms with Gasteiger partial charge in [0.05, 0.1) is 5.69 Å². The number of benzene rings is 1. The summed E-state index contributed by atoms with van der Waals surface area (Å²) in [6.45, 7) is 5.97. The molecule has 6 heteroatoms. The SMILES string of the molecule is CCCNS(=O)(=O)c1ccccc1N1CC(C)C(N)C1. The van der Waals surface area contributed by atoms with Gasteiger partial charge in [-0.15, -0.1) is 0 Å². The van der Waals surface area contributed by atoms with Crippen LogP contribution in [0, 0.1) is 5.92 Å². The molecule has 0 aromatic heterocycles. The number of nitrogens with one attached hydrogen (secondary N) is 1. The lowest BCUT2D eigenvalue weighted by Crippen LogP contribution is -2.30. The maximum absolute atomic E-state index is 12.4. The van der Waals surface area contributed by atoms with Crippen LogP contribution in [-0.4, -0.2) is 34.1 Å². The van der Waals surface area contributed by atoms with Crippen molar-refractivity contribution in [3.8, 4) is 0 Å². The van der Waals surface area contributed by atoms with Gasteiger partial charge in [-0.3, -0.25) is 0 Å². The number of nitrogens with zero attached hydrogens (tertiary/aromatic N) is 1. The van der Waals surface area contributed by atoms with Crippen LogP contribution in [0.3, 0.4) is 0 Å². The summed E-state index contributed by atoms with van der Waals surface area (Å²) >= 11 is 0. The van der Waals surface area contributed by atoms with Crippen molar-refractivity contribution in [2.45, 2.75) is 31.2 Å². The molecule has 1 aromatic rings. The van der Waals surface area contributed by atoms with E-state index in [1.165, 1.54) is 0 Å². The van der Waals surface area contributed by atoms with Crippen molar-refractivity contribution in [3.63, 3.8) is 0 Å². The van der Waals surface area contributed by atoms with Crippen molar-refractivity contribution < 1.29 is 8.42 Å². The molecule has 0 aliphatic carbocycles. The van der Waals surface area contributed by atoms with E-state index in [1.54, 1.807) is 12.1 Å². The van der Waals surface area contributed by atoms with Crippen LogP contribution in [0.25, 0.3) is 0 Å². The smallest absolute Gasteiger partial charge is 0.242 e. The van der Waals surface area contributed by atoms with Crippen molar-refractivity contribution in [3.05, 3.63) is 24.3 Å². The van der Waals surface area contributed by atoms with Crippen molar-refractivity contribution in [2.24, 2.45) is 11.7 Å². The number of hydrogen-bond donors (Lipinski definition) is 2. The summed E-state index contributed by atoms with van der Waals surface area (Å²) in [7, 11) is -3.46. The standard InChI is InChI=1S/C14H23N3O2S/c1-3-8-16-20(18,19)14-7-5-4-6-13(14)17-9-11(2)12(15)10-17/h4-7,11-12,16H,3,8-10,15H2,1-2H3. The van der Waals surface area contributed by atoms with E-state index in [9.17, 15) is 8.42 Å². The molecule has 2 atom stereocenters. The average molecular weight is 297 g/mol. The quantitative estimate of drug-likeness (QED) is 0.855. The minimum absolute atomic E-state index is 0.0920. The van der Waals surface area contributed by atoms with E-state index in [4.69, 9.17) is 5.73 Å². The Balaban J connectivity index is 2.32. The molecule has 1 aromatic carbocycles. The van der Waals surface area contributed by atoms with Crippen LogP contribution in [0.5, 0.6) is 0 Å². The predicted octanol–water partition coefficient (Wildman–Crippen LogP) is 1.16. The summed E-state index contributed by atoms with van der Waals surface area (Å²) in [4.78, 5) is 2.41. The van der Waals surface area contributed by atoms with E-state index in [2.05, 4.69) is 16.5 Å². The fourth-order valence-electron chi connectivity index (χ4n) is 2.45. The first-order valence-corrected chi connectivity index (χ1v) is 8.53. The zero-order valence-electron chi connectivity index (χ0n) is 12.0. The van der Waals surface area contributed by atoms with Crippen LogP contribution in [-0.2, 0) is 10.0 Å². The molecule has 0 amide bonds. The Morgan fingerprint density at radius 1 is 1.35 bits per heavy atom. The van der Waals surface area contributed by atoms with Gasteiger partial charge in [-0.25, -0.2) is 13.1 Å². The Hall–Kier alpha value is -1.11. The van der Waals surface area contributed by atoms with E-state index in [-0.39, 0.29) is 6.04 Å². The van der Waals surface area contributed by atoms with Gasteiger partial charge in [-0.2, -0.15) is 0 Å². The molecule has 1 aliphatic rings. The molecule has 1 heterocycles. The molecule has 0 bridgehead atoms. The van der Waals surface area contributed by atoms with E-state index < -0.39 is 10.0 Å². The molecule has 2 rings (SSSR count). The fourth-order valence-corrected chi connectivity index (χ4v) is 3.81. The van der Waals surface area contributed by atoms with E-state index in [0.29, 0.717) is 23.9 Å². The van der Waals surface area contributed by atoms with E-state index >= 15 is 0 Å². The van der Waals surface area contributed by atoms with Crippen LogP contribution in [0.1, 0.15) is 20.3 Å². The molecule has 1 fully saturated rings. The predicted molar refractivity (Wildman–Crippen MR) is 81.3 cm³/mol. The third-order valence-corrected chi connectivity index (χ3v) is 5.22. The molecular weight excluding hydrogens is 274 g/mol. The Morgan fingerprint density at radius 2 is 2.05 bits per heavy atom. The third-order valence-electron chi connectivity index (χ3n) is 3.71. The molecular formula is C14H23N3O2S. The normalized spacial score (nSPS) is 23.2. The van der Waals surface area contributed by atoms with Gasteiger partial charge in [0.15, 0.2) is 0 Å². The second kappa shape index (κ2) is 6.11. The van der Waals surface area contributed by atoms with Crippen LogP contribution in [0.2, 0.25) is 0 Å². The van der Waals surface area contributed by atoms with Crippen molar-refractivity contribution in [1.29, 1.82) is 0 Å². The number of rotatable bonds is 5. The third kappa shape index (κ3) is 3.13. The van der Waals surface area contributed by atoms with E-state index in [0.717, 1.165) is 18.7 Å². The van der Waals surface area contributed by atoms with Gasteiger partial charge in [-0.05, 0) is 24.5 Å². The van der Waals surface area contributed by atoms with Gasteiger partial charge in [0.25, 0.3) is 0 Å². The monoisotopic (exact) mass is 297 g/mol. The van der Waals surface area contributed by atoms with Crippen molar-refractivity contribution >= 4 is 15.7 Å². The highest BCUT2D eigenvalue weighted by atomic mass is 32.2. The topological polar surface area (TPSA) is 75.4 Å². The highest BCUT2D eigenvalue weighted by Crippen LogP contribution is 2.29. The Bertz CT molecular complexity index is 549. The van der Waals surface area contributed by atoms with Gasteiger partial charge in [0, 0.05) is 25.7 Å². The van der Waals surface area contributed by atoms with Crippen LogP contribution < -0.4 is 15.4 Å². The maximum atomic E-state index is 12.4. The van der Waals surface area contributed by atoms with Gasteiger partial charge < -0.3 is 10.6 Å².